The summed E-state index contributed by atoms with van der Waals surface area (Å²) in [6.45, 7) is -2.77. The Morgan fingerprint density at radius 3 is 2.82 bits per heavy atom. The van der Waals surface area contributed by atoms with Gasteiger partial charge < -0.3 is 14.4 Å². The molecule has 0 fully saturated rings. The number of aromatic nitrogens is 4. The van der Waals surface area contributed by atoms with Crippen LogP contribution in [0.2, 0.25) is 0 Å². The van der Waals surface area contributed by atoms with Crippen LogP contribution >= 0.6 is 11.3 Å². The fourth-order valence-corrected chi connectivity index (χ4v) is 3.07. The summed E-state index contributed by atoms with van der Waals surface area (Å²) in [5.41, 5.74) is 0.695. The zero-order valence-electron chi connectivity index (χ0n) is 15.1. The van der Waals surface area contributed by atoms with Gasteiger partial charge in [0.1, 0.15) is 6.54 Å². The molecule has 28 heavy (non-hydrogen) atoms. The number of halogens is 2. The Morgan fingerprint density at radius 2 is 2.14 bits per heavy atom. The molecule has 3 rings (SSSR count). The molecule has 0 unspecified atom stereocenters. The van der Waals surface area contributed by atoms with Gasteiger partial charge in [0.2, 0.25) is 11.7 Å². The van der Waals surface area contributed by atoms with Crippen LogP contribution in [-0.2, 0) is 17.9 Å². The summed E-state index contributed by atoms with van der Waals surface area (Å²) >= 11 is 1.48. The Labute approximate surface area is 163 Å². The van der Waals surface area contributed by atoms with Crippen molar-refractivity contribution in [1.82, 2.24) is 25.1 Å². The number of alkyl halides is 2. The molecular weight excluding hydrogens is 392 g/mol. The van der Waals surface area contributed by atoms with Gasteiger partial charge in [-0.3, -0.25) is 4.79 Å². The first kappa shape index (κ1) is 19.7. The molecule has 0 aliphatic rings. The molecule has 0 saturated heterocycles. The maximum atomic E-state index is 12.4. The highest BCUT2D eigenvalue weighted by atomic mass is 32.1. The summed E-state index contributed by atoms with van der Waals surface area (Å²) in [7, 11) is 2.98. The molecule has 0 atom stereocenters. The molecule has 2 aromatic heterocycles. The summed E-state index contributed by atoms with van der Waals surface area (Å²) in [4.78, 5) is 16.0. The van der Waals surface area contributed by atoms with E-state index in [4.69, 9.17) is 4.74 Å². The van der Waals surface area contributed by atoms with Crippen molar-refractivity contribution in [2.24, 2.45) is 0 Å². The number of thiophene rings is 1. The summed E-state index contributed by atoms with van der Waals surface area (Å²) in [5, 5.41) is 13.9. The molecule has 0 radical (unpaired) electrons. The molecule has 0 spiro atoms. The van der Waals surface area contributed by atoms with E-state index in [0.717, 1.165) is 4.88 Å². The van der Waals surface area contributed by atoms with E-state index in [-0.39, 0.29) is 30.5 Å². The molecule has 0 aliphatic heterocycles. The lowest BCUT2D eigenvalue weighted by atomic mass is 10.2. The quantitative estimate of drug-likeness (QED) is 0.569. The lowest BCUT2D eigenvalue weighted by Crippen LogP contribution is -2.30. The van der Waals surface area contributed by atoms with Crippen molar-refractivity contribution >= 4 is 17.2 Å². The Bertz CT molecular complexity index is 933. The number of tetrazole rings is 1. The lowest BCUT2D eigenvalue weighted by Gasteiger charge is -2.18. The van der Waals surface area contributed by atoms with Crippen molar-refractivity contribution in [3.05, 3.63) is 41.3 Å². The lowest BCUT2D eigenvalue weighted by molar-refractivity contribution is -0.131. The van der Waals surface area contributed by atoms with Gasteiger partial charge >= 0.3 is 6.61 Å². The van der Waals surface area contributed by atoms with Gasteiger partial charge in [-0.25, -0.2) is 0 Å². The number of ether oxygens (including phenoxy) is 2. The monoisotopic (exact) mass is 409 g/mol. The van der Waals surface area contributed by atoms with Crippen LogP contribution in [0.3, 0.4) is 0 Å². The molecule has 3 aromatic rings. The molecule has 1 amide bonds. The van der Waals surface area contributed by atoms with Crippen LogP contribution < -0.4 is 9.47 Å². The molecular formula is C17H17F2N5O3S. The number of likely N-dealkylation sites (N-methyl/N-ethyl adjacent to an activating group) is 1. The Morgan fingerprint density at radius 1 is 1.32 bits per heavy atom. The van der Waals surface area contributed by atoms with E-state index in [9.17, 15) is 13.6 Å². The van der Waals surface area contributed by atoms with E-state index >= 15 is 0 Å². The summed E-state index contributed by atoms with van der Waals surface area (Å²) in [6.07, 6.45) is 0. The zero-order valence-corrected chi connectivity index (χ0v) is 15.9. The van der Waals surface area contributed by atoms with Crippen molar-refractivity contribution in [2.75, 3.05) is 14.2 Å². The fraction of sp³-hybridized carbons (Fsp3) is 0.294. The second-order valence-electron chi connectivity index (χ2n) is 5.73. The van der Waals surface area contributed by atoms with Gasteiger partial charge in [0, 0.05) is 13.6 Å². The van der Waals surface area contributed by atoms with E-state index in [1.807, 2.05) is 17.5 Å². The van der Waals surface area contributed by atoms with Crippen LogP contribution in [-0.4, -0.2) is 51.8 Å². The van der Waals surface area contributed by atoms with Gasteiger partial charge in [0.25, 0.3) is 0 Å². The molecule has 2 heterocycles. The molecule has 1 aromatic carbocycles. The highest BCUT2D eigenvalue weighted by Gasteiger charge is 2.16. The molecule has 148 valence electrons. The third kappa shape index (κ3) is 4.80. The van der Waals surface area contributed by atoms with Gasteiger partial charge in [-0.2, -0.15) is 13.6 Å². The van der Waals surface area contributed by atoms with E-state index in [0.29, 0.717) is 11.4 Å². The molecule has 0 N–H and O–H groups in total. The summed E-state index contributed by atoms with van der Waals surface area (Å²) < 4.78 is 34.3. The number of carbonyl (C=O) groups excluding carboxylic acids is 1. The van der Waals surface area contributed by atoms with Gasteiger partial charge in [-0.1, -0.05) is 12.1 Å². The fourth-order valence-electron chi connectivity index (χ4n) is 2.42. The number of hydrogen-bond donors (Lipinski definition) is 0. The van der Waals surface area contributed by atoms with Crippen molar-refractivity contribution in [1.29, 1.82) is 0 Å². The minimum Gasteiger partial charge on any atom is -0.493 e. The van der Waals surface area contributed by atoms with Gasteiger partial charge in [0.05, 0.1) is 12.0 Å². The first-order valence-corrected chi connectivity index (χ1v) is 9.01. The van der Waals surface area contributed by atoms with E-state index in [2.05, 4.69) is 20.1 Å². The van der Waals surface area contributed by atoms with Gasteiger partial charge in [-0.05, 0) is 34.4 Å². The third-order valence-corrected chi connectivity index (χ3v) is 4.63. The van der Waals surface area contributed by atoms with Crippen molar-refractivity contribution < 1.29 is 23.0 Å². The second-order valence-corrected chi connectivity index (χ2v) is 6.68. The first-order valence-electron chi connectivity index (χ1n) is 8.13. The number of nitrogens with zero attached hydrogens (tertiary/aromatic N) is 5. The molecule has 0 bridgehead atoms. The minimum atomic E-state index is -2.95. The second kappa shape index (κ2) is 8.74. The van der Waals surface area contributed by atoms with Gasteiger partial charge in [0.15, 0.2) is 11.5 Å². The zero-order chi connectivity index (χ0) is 20.1. The van der Waals surface area contributed by atoms with E-state index in [1.165, 1.54) is 34.2 Å². The first-order chi connectivity index (χ1) is 13.5. The highest BCUT2D eigenvalue weighted by molar-refractivity contribution is 7.13. The number of amides is 1. The van der Waals surface area contributed by atoms with E-state index in [1.54, 1.807) is 19.2 Å². The van der Waals surface area contributed by atoms with Crippen LogP contribution in [0.1, 0.15) is 5.56 Å². The van der Waals surface area contributed by atoms with Crippen molar-refractivity contribution in [3.8, 4) is 22.2 Å². The SMILES string of the molecule is COc1cc(CN(C)C(=O)Cn2nnc(-c3cccs3)n2)ccc1OC(F)F. The smallest absolute Gasteiger partial charge is 0.387 e. The van der Waals surface area contributed by atoms with Crippen LogP contribution in [0.4, 0.5) is 8.78 Å². The van der Waals surface area contributed by atoms with Crippen molar-refractivity contribution in [3.63, 3.8) is 0 Å². The normalized spacial score (nSPS) is 10.9. The van der Waals surface area contributed by atoms with E-state index < -0.39 is 6.61 Å². The Balaban J connectivity index is 1.62. The third-order valence-electron chi connectivity index (χ3n) is 3.76. The number of carbonyl (C=O) groups is 1. The highest BCUT2D eigenvalue weighted by Crippen LogP contribution is 2.29. The van der Waals surface area contributed by atoms with Gasteiger partial charge in [-0.15, -0.1) is 21.5 Å². The summed E-state index contributed by atoms with van der Waals surface area (Å²) in [5.74, 6) is 0.326. The standard InChI is InChI=1S/C17H17F2N5O3S/c1-23(9-11-5-6-12(27-17(18)19)13(8-11)26-2)15(25)10-24-21-16(20-22-24)14-4-3-7-28-14/h3-8,17H,9-10H2,1-2H3. The molecule has 0 saturated carbocycles. The van der Waals surface area contributed by atoms with Crippen LogP contribution in [0.15, 0.2) is 35.7 Å². The maximum Gasteiger partial charge on any atom is 0.387 e. The number of hydrogen-bond acceptors (Lipinski definition) is 7. The predicted molar refractivity (Wildman–Crippen MR) is 97.2 cm³/mol. The Hall–Kier alpha value is -3.08. The number of benzene rings is 1. The summed E-state index contributed by atoms with van der Waals surface area (Å²) in [6, 6.07) is 8.27. The molecule has 0 aliphatic carbocycles. The topological polar surface area (TPSA) is 82.4 Å². The van der Waals surface area contributed by atoms with Crippen molar-refractivity contribution in [2.45, 2.75) is 19.7 Å². The predicted octanol–water partition coefficient (Wildman–Crippen LogP) is 2.67. The molecule has 8 nitrogen and oxygen atoms in total. The number of rotatable bonds is 8. The largest absolute Gasteiger partial charge is 0.493 e. The van der Waals surface area contributed by atoms with Crippen LogP contribution in [0.25, 0.3) is 10.7 Å². The van der Waals surface area contributed by atoms with Crippen LogP contribution in [0.5, 0.6) is 11.5 Å². The maximum absolute atomic E-state index is 12.4. The molecule has 11 heteroatoms. The average Bonchev–Trinajstić information content (AvgIpc) is 3.34. The Kier molecular flexibility index (Phi) is 6.14. The minimum absolute atomic E-state index is 0.0665. The van der Waals surface area contributed by atoms with Crippen LogP contribution in [0, 0.1) is 0 Å². The number of methoxy groups -OCH3 is 1. The average molecular weight is 409 g/mol.